The van der Waals surface area contributed by atoms with Crippen molar-refractivity contribution in [2.45, 2.75) is 30.2 Å². The average Bonchev–Trinajstić information content (AvgIpc) is 2.71. The molecule has 7 nitrogen and oxygen atoms in total. The number of hydrogen-bond donors (Lipinski definition) is 2. The van der Waals surface area contributed by atoms with Crippen molar-refractivity contribution in [3.8, 4) is 5.75 Å². The van der Waals surface area contributed by atoms with Crippen LogP contribution in [0.1, 0.15) is 19.3 Å². The Hall–Kier alpha value is -2.09. The van der Waals surface area contributed by atoms with Crippen LogP contribution in [0.4, 0.5) is 0 Å². The largest absolute Gasteiger partial charge is 0.495 e. The highest BCUT2D eigenvalue weighted by Gasteiger charge is 2.27. The van der Waals surface area contributed by atoms with Gasteiger partial charge in [-0.1, -0.05) is 12.1 Å². The molecular weight excluding hydrogens is 320 g/mol. The SMILES string of the molecule is COc1ccccc1S(=O)(=O)CC(=O)N[C@@H]1CCCCNC1=O. The number of hydrogen-bond acceptors (Lipinski definition) is 5. The van der Waals surface area contributed by atoms with Crippen LogP contribution >= 0.6 is 0 Å². The van der Waals surface area contributed by atoms with Gasteiger partial charge in [0.2, 0.25) is 11.8 Å². The van der Waals surface area contributed by atoms with Gasteiger partial charge in [-0.2, -0.15) is 0 Å². The number of benzene rings is 1. The summed E-state index contributed by atoms with van der Waals surface area (Å²) in [5.74, 6) is -1.51. The number of methoxy groups -OCH3 is 1. The predicted octanol–water partition coefficient (Wildman–Crippen LogP) is 0.254. The van der Waals surface area contributed by atoms with Gasteiger partial charge in [0.1, 0.15) is 22.4 Å². The molecule has 1 aromatic carbocycles. The molecule has 0 radical (unpaired) electrons. The van der Waals surface area contributed by atoms with Crippen LogP contribution in [0.15, 0.2) is 29.2 Å². The maximum atomic E-state index is 12.4. The highest BCUT2D eigenvalue weighted by Crippen LogP contribution is 2.23. The van der Waals surface area contributed by atoms with Gasteiger partial charge in [0.05, 0.1) is 7.11 Å². The van der Waals surface area contributed by atoms with E-state index in [2.05, 4.69) is 10.6 Å². The van der Waals surface area contributed by atoms with E-state index in [1.807, 2.05) is 0 Å². The first-order valence-electron chi connectivity index (χ1n) is 7.37. The third-order valence-electron chi connectivity index (χ3n) is 3.60. The first-order valence-corrected chi connectivity index (χ1v) is 9.02. The molecule has 1 fully saturated rings. The fourth-order valence-corrected chi connectivity index (χ4v) is 3.77. The van der Waals surface area contributed by atoms with Crippen LogP contribution in [0, 0.1) is 0 Å². The Balaban J connectivity index is 2.08. The Morgan fingerprint density at radius 1 is 1.35 bits per heavy atom. The van der Waals surface area contributed by atoms with Gasteiger partial charge in [0, 0.05) is 6.54 Å². The van der Waals surface area contributed by atoms with E-state index in [1.54, 1.807) is 12.1 Å². The lowest BCUT2D eigenvalue weighted by molar-refractivity contribution is -0.127. The minimum Gasteiger partial charge on any atom is -0.495 e. The Morgan fingerprint density at radius 3 is 2.83 bits per heavy atom. The fraction of sp³-hybridized carbons (Fsp3) is 0.467. The first kappa shape index (κ1) is 17.3. The minimum atomic E-state index is -3.85. The van der Waals surface area contributed by atoms with Gasteiger partial charge in [0.25, 0.3) is 0 Å². The molecule has 0 bridgehead atoms. The van der Waals surface area contributed by atoms with Crippen molar-refractivity contribution in [1.82, 2.24) is 10.6 Å². The molecule has 0 saturated carbocycles. The number of para-hydroxylation sites is 1. The van der Waals surface area contributed by atoms with Crippen molar-refractivity contribution >= 4 is 21.7 Å². The Labute approximate surface area is 135 Å². The predicted molar refractivity (Wildman–Crippen MR) is 83.8 cm³/mol. The topological polar surface area (TPSA) is 102 Å². The zero-order chi connectivity index (χ0) is 16.9. The Kier molecular flexibility index (Phi) is 5.59. The summed E-state index contributed by atoms with van der Waals surface area (Å²) in [7, 11) is -2.48. The zero-order valence-electron chi connectivity index (χ0n) is 12.9. The third-order valence-corrected chi connectivity index (χ3v) is 5.25. The number of carbonyl (C=O) groups excluding carboxylic acids is 2. The van der Waals surface area contributed by atoms with Crippen LogP contribution in [-0.2, 0) is 19.4 Å². The van der Waals surface area contributed by atoms with E-state index >= 15 is 0 Å². The molecule has 1 saturated heterocycles. The highest BCUT2D eigenvalue weighted by molar-refractivity contribution is 7.92. The number of rotatable bonds is 5. The monoisotopic (exact) mass is 340 g/mol. The van der Waals surface area contributed by atoms with Crippen molar-refractivity contribution in [3.63, 3.8) is 0 Å². The molecule has 1 heterocycles. The summed E-state index contributed by atoms with van der Waals surface area (Å²) in [5.41, 5.74) is 0. The van der Waals surface area contributed by atoms with Crippen molar-refractivity contribution < 1.29 is 22.7 Å². The molecule has 1 aliphatic rings. The van der Waals surface area contributed by atoms with Crippen molar-refractivity contribution in [2.24, 2.45) is 0 Å². The molecule has 2 rings (SSSR count). The van der Waals surface area contributed by atoms with Gasteiger partial charge in [-0.25, -0.2) is 8.42 Å². The van der Waals surface area contributed by atoms with E-state index in [0.717, 1.165) is 12.8 Å². The van der Waals surface area contributed by atoms with Gasteiger partial charge in [0.15, 0.2) is 9.84 Å². The second kappa shape index (κ2) is 7.45. The van der Waals surface area contributed by atoms with Crippen LogP contribution < -0.4 is 15.4 Å². The van der Waals surface area contributed by atoms with E-state index in [0.29, 0.717) is 13.0 Å². The maximum Gasteiger partial charge on any atom is 0.242 e. The van der Waals surface area contributed by atoms with E-state index < -0.39 is 27.5 Å². The molecular formula is C15H20N2O5S. The number of carbonyl (C=O) groups is 2. The summed E-state index contributed by atoms with van der Waals surface area (Å²) in [4.78, 5) is 23.8. The van der Waals surface area contributed by atoms with Crippen LogP contribution in [0.3, 0.4) is 0 Å². The second-order valence-electron chi connectivity index (χ2n) is 5.32. The summed E-state index contributed by atoms with van der Waals surface area (Å²) >= 11 is 0. The van der Waals surface area contributed by atoms with E-state index in [9.17, 15) is 18.0 Å². The van der Waals surface area contributed by atoms with Crippen molar-refractivity contribution in [3.05, 3.63) is 24.3 Å². The molecule has 0 unspecified atom stereocenters. The lowest BCUT2D eigenvalue weighted by Crippen LogP contribution is -2.47. The van der Waals surface area contributed by atoms with Crippen LogP contribution in [0.2, 0.25) is 0 Å². The smallest absolute Gasteiger partial charge is 0.242 e. The minimum absolute atomic E-state index is 0.0389. The highest BCUT2D eigenvalue weighted by atomic mass is 32.2. The number of nitrogens with one attached hydrogen (secondary N) is 2. The molecule has 2 N–H and O–H groups in total. The molecule has 1 atom stereocenters. The summed E-state index contributed by atoms with van der Waals surface area (Å²) < 4.78 is 29.8. The summed E-state index contributed by atoms with van der Waals surface area (Å²) in [6.45, 7) is 0.574. The number of sulfone groups is 1. The maximum absolute atomic E-state index is 12.4. The summed E-state index contributed by atoms with van der Waals surface area (Å²) in [6.07, 6.45) is 2.15. The fourth-order valence-electron chi connectivity index (χ4n) is 2.44. The van der Waals surface area contributed by atoms with Crippen molar-refractivity contribution in [1.29, 1.82) is 0 Å². The third kappa shape index (κ3) is 4.44. The molecule has 2 amide bonds. The van der Waals surface area contributed by atoms with E-state index in [1.165, 1.54) is 19.2 Å². The first-order chi connectivity index (χ1) is 10.9. The quantitative estimate of drug-likeness (QED) is 0.800. The van der Waals surface area contributed by atoms with E-state index in [-0.39, 0.29) is 16.6 Å². The lowest BCUT2D eigenvalue weighted by Gasteiger charge is -2.15. The molecule has 23 heavy (non-hydrogen) atoms. The van der Waals surface area contributed by atoms with Gasteiger partial charge in [-0.15, -0.1) is 0 Å². The standard InChI is InChI=1S/C15H20N2O5S/c1-22-12-7-2-3-8-13(12)23(20,21)10-14(18)17-11-6-4-5-9-16-15(11)19/h2-3,7-8,11H,4-6,9-10H2,1H3,(H,16,19)(H,17,18)/t11-/m1/s1. The summed E-state index contributed by atoms with van der Waals surface area (Å²) in [5, 5.41) is 5.19. The lowest BCUT2D eigenvalue weighted by atomic mass is 10.1. The van der Waals surface area contributed by atoms with E-state index in [4.69, 9.17) is 4.74 Å². The number of ether oxygens (including phenoxy) is 1. The molecule has 0 aromatic heterocycles. The molecule has 0 spiro atoms. The van der Waals surface area contributed by atoms with Crippen LogP contribution in [-0.4, -0.2) is 45.7 Å². The van der Waals surface area contributed by atoms with Gasteiger partial charge >= 0.3 is 0 Å². The molecule has 0 aliphatic carbocycles. The van der Waals surface area contributed by atoms with Crippen LogP contribution in [0.25, 0.3) is 0 Å². The van der Waals surface area contributed by atoms with Gasteiger partial charge < -0.3 is 15.4 Å². The molecule has 126 valence electrons. The molecule has 1 aromatic rings. The normalized spacial score (nSPS) is 18.7. The van der Waals surface area contributed by atoms with Gasteiger partial charge in [-0.05, 0) is 31.4 Å². The zero-order valence-corrected chi connectivity index (χ0v) is 13.7. The molecule has 1 aliphatic heterocycles. The summed E-state index contributed by atoms with van der Waals surface area (Å²) in [6, 6.07) is 5.43. The average molecular weight is 340 g/mol. The van der Waals surface area contributed by atoms with Gasteiger partial charge in [-0.3, -0.25) is 9.59 Å². The molecule has 8 heteroatoms. The van der Waals surface area contributed by atoms with Crippen LogP contribution in [0.5, 0.6) is 5.75 Å². The second-order valence-corrected chi connectivity index (χ2v) is 7.27. The Morgan fingerprint density at radius 2 is 2.09 bits per heavy atom. The Bertz CT molecular complexity index is 687. The number of amides is 2. The van der Waals surface area contributed by atoms with Crippen molar-refractivity contribution in [2.75, 3.05) is 19.4 Å².